The Kier molecular flexibility index (Phi) is 4.57. The fourth-order valence-electron chi connectivity index (χ4n) is 2.77. The Morgan fingerprint density at radius 1 is 1.12 bits per heavy atom. The first kappa shape index (κ1) is 17.4. The van der Waals surface area contributed by atoms with Crippen molar-refractivity contribution < 1.29 is 4.79 Å². The zero-order chi connectivity index (χ0) is 18.8. The van der Waals surface area contributed by atoms with E-state index in [1.165, 1.54) is 14.1 Å². The van der Waals surface area contributed by atoms with E-state index >= 15 is 0 Å². The molecule has 0 aliphatic carbocycles. The summed E-state index contributed by atoms with van der Waals surface area (Å²) in [6.45, 7) is 1.83. The van der Waals surface area contributed by atoms with Crippen LogP contribution in [-0.2, 0) is 14.1 Å². The Bertz CT molecular complexity index is 1060. The third-order valence-corrected chi connectivity index (χ3v) is 4.26. The Morgan fingerprint density at radius 2 is 1.85 bits per heavy atom. The van der Waals surface area contributed by atoms with Crippen LogP contribution in [0.2, 0.25) is 0 Å². The van der Waals surface area contributed by atoms with E-state index in [0.29, 0.717) is 0 Å². The van der Waals surface area contributed by atoms with Crippen LogP contribution in [0, 0.1) is 0 Å². The molecule has 8 nitrogen and oxygen atoms in total. The van der Waals surface area contributed by atoms with Gasteiger partial charge in [0.25, 0.3) is 11.5 Å². The van der Waals surface area contributed by atoms with Crippen molar-refractivity contribution in [2.45, 2.75) is 13.0 Å². The molecule has 1 atom stereocenters. The topological polar surface area (TPSA) is 90.9 Å². The lowest BCUT2D eigenvalue weighted by Gasteiger charge is -2.19. The van der Waals surface area contributed by atoms with Crippen molar-refractivity contribution in [3.8, 4) is 5.69 Å². The Labute approximate surface area is 149 Å². The number of carbonyl (C=O) groups is 1. The number of aromatic nitrogens is 4. The van der Waals surface area contributed by atoms with Crippen LogP contribution in [-0.4, -0.2) is 24.8 Å². The molecule has 3 rings (SSSR count). The van der Waals surface area contributed by atoms with Crippen molar-refractivity contribution in [2.24, 2.45) is 14.1 Å². The summed E-state index contributed by atoms with van der Waals surface area (Å²) in [5, 5.41) is 7.07. The summed E-state index contributed by atoms with van der Waals surface area (Å²) in [6.07, 6.45) is 3.49. The van der Waals surface area contributed by atoms with Crippen molar-refractivity contribution in [2.75, 3.05) is 0 Å². The number of nitrogens with one attached hydrogen (secondary N) is 1. The average Bonchev–Trinajstić information content (AvgIpc) is 3.17. The molecule has 8 heteroatoms. The number of hydrogen-bond donors (Lipinski definition) is 1. The van der Waals surface area contributed by atoms with Gasteiger partial charge in [-0.1, -0.05) is 18.2 Å². The van der Waals surface area contributed by atoms with Crippen molar-refractivity contribution in [1.82, 2.24) is 24.2 Å². The average molecular weight is 353 g/mol. The standard InChI is InChI=1S/C18H19N5O3/c1-12(13-7-4-5-8-14(13)23-10-6-9-19-23)20-17(25)15-11-16(24)22(3)18(26)21(15)2/h4-12H,1-3H3,(H,20,25)/t12-/m0/s1. The molecular weight excluding hydrogens is 334 g/mol. The lowest BCUT2D eigenvalue weighted by molar-refractivity contribution is 0.0929. The molecule has 0 aliphatic rings. The molecule has 0 saturated carbocycles. The largest absolute Gasteiger partial charge is 0.344 e. The maximum Gasteiger partial charge on any atom is 0.331 e. The van der Waals surface area contributed by atoms with Crippen LogP contribution in [0.3, 0.4) is 0 Å². The van der Waals surface area contributed by atoms with Gasteiger partial charge < -0.3 is 5.32 Å². The number of benzene rings is 1. The second-order valence-electron chi connectivity index (χ2n) is 5.97. The first-order chi connectivity index (χ1) is 12.4. The van der Waals surface area contributed by atoms with Crippen molar-refractivity contribution in [1.29, 1.82) is 0 Å². The summed E-state index contributed by atoms with van der Waals surface area (Å²) < 4.78 is 3.82. The highest BCUT2D eigenvalue weighted by atomic mass is 16.2. The van der Waals surface area contributed by atoms with Crippen LogP contribution in [0.15, 0.2) is 58.4 Å². The number of rotatable bonds is 4. The van der Waals surface area contributed by atoms with Crippen LogP contribution in [0.5, 0.6) is 0 Å². The number of carbonyl (C=O) groups excluding carboxylic acids is 1. The van der Waals surface area contributed by atoms with Gasteiger partial charge in [-0.3, -0.25) is 18.7 Å². The molecule has 26 heavy (non-hydrogen) atoms. The Hall–Kier alpha value is -3.42. The number of para-hydroxylation sites is 1. The number of amides is 1. The molecule has 0 fully saturated rings. The zero-order valence-corrected chi connectivity index (χ0v) is 14.7. The SMILES string of the molecule is C[C@H](NC(=O)c1cc(=O)n(C)c(=O)n1C)c1ccccc1-n1cccn1. The molecule has 3 aromatic rings. The van der Waals surface area contributed by atoms with Gasteiger partial charge in [-0.2, -0.15) is 5.10 Å². The van der Waals surface area contributed by atoms with Gasteiger partial charge in [0.2, 0.25) is 0 Å². The van der Waals surface area contributed by atoms with Crippen LogP contribution in [0.25, 0.3) is 5.69 Å². The molecule has 2 aromatic heterocycles. The molecule has 0 bridgehead atoms. The van der Waals surface area contributed by atoms with E-state index in [0.717, 1.165) is 26.5 Å². The van der Waals surface area contributed by atoms with E-state index < -0.39 is 17.2 Å². The van der Waals surface area contributed by atoms with Crippen molar-refractivity contribution in [3.63, 3.8) is 0 Å². The maximum absolute atomic E-state index is 12.6. The highest BCUT2D eigenvalue weighted by Gasteiger charge is 2.18. The highest BCUT2D eigenvalue weighted by Crippen LogP contribution is 2.21. The third-order valence-electron chi connectivity index (χ3n) is 4.26. The van der Waals surface area contributed by atoms with Crippen LogP contribution >= 0.6 is 0 Å². The molecule has 134 valence electrons. The lowest BCUT2D eigenvalue weighted by Crippen LogP contribution is -2.41. The van der Waals surface area contributed by atoms with Gasteiger partial charge in [-0.05, 0) is 24.6 Å². The second-order valence-corrected chi connectivity index (χ2v) is 5.97. The summed E-state index contributed by atoms with van der Waals surface area (Å²) in [7, 11) is 2.83. The summed E-state index contributed by atoms with van der Waals surface area (Å²) in [5.41, 5.74) is 0.637. The lowest BCUT2D eigenvalue weighted by atomic mass is 10.1. The molecule has 0 spiro atoms. The number of nitrogens with zero attached hydrogens (tertiary/aromatic N) is 4. The molecule has 1 N–H and O–H groups in total. The summed E-state index contributed by atoms with van der Waals surface area (Å²) in [6, 6.07) is 10.2. The molecular formula is C18H19N5O3. The van der Waals surface area contributed by atoms with E-state index in [2.05, 4.69) is 10.4 Å². The van der Waals surface area contributed by atoms with E-state index in [1.807, 2.05) is 43.5 Å². The Morgan fingerprint density at radius 3 is 2.54 bits per heavy atom. The predicted octanol–water partition coefficient (Wildman–Crippen LogP) is 0.761. The monoisotopic (exact) mass is 353 g/mol. The molecule has 1 aromatic carbocycles. The van der Waals surface area contributed by atoms with Crippen LogP contribution < -0.4 is 16.6 Å². The zero-order valence-electron chi connectivity index (χ0n) is 14.7. The Balaban J connectivity index is 1.93. The maximum atomic E-state index is 12.6. The summed E-state index contributed by atoms with van der Waals surface area (Å²) in [5.74, 6) is -0.495. The van der Waals surface area contributed by atoms with Crippen molar-refractivity contribution in [3.05, 3.63) is 80.9 Å². The van der Waals surface area contributed by atoms with Gasteiger partial charge in [0.15, 0.2) is 0 Å². The minimum atomic E-state index is -0.549. The second kappa shape index (κ2) is 6.83. The minimum Gasteiger partial charge on any atom is -0.344 e. The number of hydrogen-bond acceptors (Lipinski definition) is 4. The molecule has 0 unspecified atom stereocenters. The van der Waals surface area contributed by atoms with Crippen LogP contribution in [0.4, 0.5) is 0 Å². The smallest absolute Gasteiger partial charge is 0.331 e. The quantitative estimate of drug-likeness (QED) is 0.750. The van der Waals surface area contributed by atoms with E-state index in [1.54, 1.807) is 10.9 Å². The summed E-state index contributed by atoms with van der Waals surface area (Å²) in [4.78, 5) is 36.5. The van der Waals surface area contributed by atoms with E-state index in [4.69, 9.17) is 0 Å². The minimum absolute atomic E-state index is 0.0153. The molecule has 0 aliphatic heterocycles. The summed E-state index contributed by atoms with van der Waals surface area (Å²) >= 11 is 0. The van der Waals surface area contributed by atoms with Crippen LogP contribution in [0.1, 0.15) is 29.0 Å². The third kappa shape index (κ3) is 3.08. The van der Waals surface area contributed by atoms with Crippen molar-refractivity contribution >= 4 is 5.91 Å². The predicted molar refractivity (Wildman–Crippen MR) is 96.4 cm³/mol. The first-order valence-corrected chi connectivity index (χ1v) is 8.07. The van der Waals surface area contributed by atoms with Gasteiger partial charge in [-0.15, -0.1) is 0 Å². The first-order valence-electron chi connectivity index (χ1n) is 8.07. The molecule has 0 saturated heterocycles. The fraction of sp³-hybridized carbons (Fsp3) is 0.222. The molecule has 0 radical (unpaired) electrons. The van der Waals surface area contributed by atoms with Gasteiger partial charge in [0.05, 0.1) is 11.7 Å². The van der Waals surface area contributed by atoms with E-state index in [9.17, 15) is 14.4 Å². The van der Waals surface area contributed by atoms with Gasteiger partial charge >= 0.3 is 5.69 Å². The van der Waals surface area contributed by atoms with Gasteiger partial charge in [0.1, 0.15) is 5.69 Å². The van der Waals surface area contributed by atoms with E-state index in [-0.39, 0.29) is 11.7 Å². The van der Waals surface area contributed by atoms with Gasteiger partial charge in [-0.25, -0.2) is 9.48 Å². The highest BCUT2D eigenvalue weighted by molar-refractivity contribution is 5.92. The fourth-order valence-corrected chi connectivity index (χ4v) is 2.77. The molecule has 2 heterocycles. The normalized spacial score (nSPS) is 12.0. The molecule has 1 amide bonds. The van der Waals surface area contributed by atoms with Gasteiger partial charge in [0, 0.05) is 32.6 Å².